The average molecular weight is 290 g/mol. The van der Waals surface area contributed by atoms with Gasteiger partial charge in [-0.25, -0.2) is 0 Å². The first kappa shape index (κ1) is 18.2. The first-order chi connectivity index (χ1) is 10.1. The number of rotatable bonds is 10. The Balaban J connectivity index is 2.85. The summed E-state index contributed by atoms with van der Waals surface area (Å²) >= 11 is 0. The third-order valence-electron chi connectivity index (χ3n) is 4.13. The lowest BCUT2D eigenvalue weighted by molar-refractivity contribution is 0.149. The Kier molecular flexibility index (Phi) is 8.63. The van der Waals surface area contributed by atoms with Gasteiger partial charge in [-0.15, -0.1) is 0 Å². The molecule has 21 heavy (non-hydrogen) atoms. The van der Waals surface area contributed by atoms with Crippen molar-refractivity contribution in [2.75, 3.05) is 19.6 Å². The van der Waals surface area contributed by atoms with E-state index in [1.54, 1.807) is 0 Å². The van der Waals surface area contributed by atoms with E-state index in [0.29, 0.717) is 18.0 Å². The maximum absolute atomic E-state index is 3.66. The van der Waals surface area contributed by atoms with Gasteiger partial charge < -0.3 is 5.32 Å². The van der Waals surface area contributed by atoms with Crippen molar-refractivity contribution in [2.24, 2.45) is 5.92 Å². The number of benzene rings is 1. The zero-order chi connectivity index (χ0) is 15.7. The van der Waals surface area contributed by atoms with Gasteiger partial charge in [0.2, 0.25) is 0 Å². The summed E-state index contributed by atoms with van der Waals surface area (Å²) in [5.41, 5.74) is 1.40. The van der Waals surface area contributed by atoms with E-state index < -0.39 is 0 Å². The zero-order valence-corrected chi connectivity index (χ0v) is 14.6. The summed E-state index contributed by atoms with van der Waals surface area (Å²) in [5, 5.41) is 3.66. The molecular weight excluding hydrogens is 256 g/mol. The molecule has 1 unspecified atom stereocenters. The van der Waals surface area contributed by atoms with Crippen molar-refractivity contribution in [3.05, 3.63) is 35.9 Å². The second-order valence-corrected chi connectivity index (χ2v) is 6.34. The van der Waals surface area contributed by atoms with Crippen LogP contribution in [-0.4, -0.2) is 30.6 Å². The van der Waals surface area contributed by atoms with Crippen LogP contribution in [-0.2, 0) is 0 Å². The quantitative estimate of drug-likeness (QED) is 0.683. The molecule has 1 atom stereocenters. The third kappa shape index (κ3) is 6.19. The Labute approximate surface area is 131 Å². The van der Waals surface area contributed by atoms with E-state index >= 15 is 0 Å². The molecule has 0 aliphatic heterocycles. The Hall–Kier alpha value is -0.860. The molecule has 120 valence electrons. The van der Waals surface area contributed by atoms with Crippen LogP contribution in [0, 0.1) is 5.92 Å². The minimum absolute atomic E-state index is 0.426. The van der Waals surface area contributed by atoms with Crippen LogP contribution in [0.3, 0.4) is 0 Å². The van der Waals surface area contributed by atoms with E-state index in [1.165, 1.54) is 24.9 Å². The Morgan fingerprint density at radius 3 is 2.05 bits per heavy atom. The molecular formula is C19H34N2. The van der Waals surface area contributed by atoms with E-state index in [1.807, 2.05) is 0 Å². The van der Waals surface area contributed by atoms with Crippen molar-refractivity contribution >= 4 is 0 Å². The SMILES string of the molecule is CCNC(CN(CC(C)C)C(CC)CC)c1ccccc1. The van der Waals surface area contributed by atoms with Gasteiger partial charge >= 0.3 is 0 Å². The predicted octanol–water partition coefficient (Wildman–Crippen LogP) is 4.48. The van der Waals surface area contributed by atoms with Crippen LogP contribution in [0.5, 0.6) is 0 Å². The summed E-state index contributed by atoms with van der Waals surface area (Å²) in [6.45, 7) is 14.8. The van der Waals surface area contributed by atoms with E-state index in [0.717, 1.165) is 13.1 Å². The number of hydrogen-bond acceptors (Lipinski definition) is 2. The smallest absolute Gasteiger partial charge is 0.0449 e. The van der Waals surface area contributed by atoms with Gasteiger partial charge in [0, 0.05) is 25.2 Å². The van der Waals surface area contributed by atoms with Crippen molar-refractivity contribution in [1.29, 1.82) is 0 Å². The van der Waals surface area contributed by atoms with Gasteiger partial charge in [0.05, 0.1) is 0 Å². The van der Waals surface area contributed by atoms with Crippen molar-refractivity contribution in [1.82, 2.24) is 10.2 Å². The van der Waals surface area contributed by atoms with Crippen molar-refractivity contribution in [2.45, 2.75) is 59.5 Å². The van der Waals surface area contributed by atoms with Crippen LogP contribution in [0.4, 0.5) is 0 Å². The van der Waals surface area contributed by atoms with Crippen LogP contribution in [0.15, 0.2) is 30.3 Å². The fourth-order valence-electron chi connectivity index (χ4n) is 3.10. The van der Waals surface area contributed by atoms with E-state index in [4.69, 9.17) is 0 Å². The normalized spacial score (nSPS) is 13.3. The molecule has 0 amide bonds. The Bertz CT molecular complexity index is 357. The number of hydrogen-bond donors (Lipinski definition) is 1. The molecule has 2 heteroatoms. The average Bonchev–Trinajstić information content (AvgIpc) is 2.48. The van der Waals surface area contributed by atoms with Gasteiger partial charge in [-0.2, -0.15) is 0 Å². The molecule has 1 N–H and O–H groups in total. The second-order valence-electron chi connectivity index (χ2n) is 6.34. The molecule has 0 aliphatic carbocycles. The van der Waals surface area contributed by atoms with Gasteiger partial charge in [0.15, 0.2) is 0 Å². The number of nitrogens with one attached hydrogen (secondary N) is 1. The number of likely N-dealkylation sites (N-methyl/N-ethyl adjacent to an activating group) is 1. The van der Waals surface area contributed by atoms with Gasteiger partial charge in [0.25, 0.3) is 0 Å². The predicted molar refractivity (Wildman–Crippen MR) is 93.6 cm³/mol. The first-order valence-corrected chi connectivity index (χ1v) is 8.64. The molecule has 0 heterocycles. The molecule has 0 radical (unpaired) electrons. The van der Waals surface area contributed by atoms with Gasteiger partial charge in [-0.1, -0.05) is 65.0 Å². The Morgan fingerprint density at radius 2 is 1.57 bits per heavy atom. The maximum Gasteiger partial charge on any atom is 0.0449 e. The molecule has 0 aliphatic rings. The minimum atomic E-state index is 0.426. The zero-order valence-electron chi connectivity index (χ0n) is 14.6. The topological polar surface area (TPSA) is 15.3 Å². The first-order valence-electron chi connectivity index (χ1n) is 8.64. The molecule has 1 rings (SSSR count). The summed E-state index contributed by atoms with van der Waals surface area (Å²) in [6.07, 6.45) is 2.47. The maximum atomic E-state index is 3.66. The van der Waals surface area contributed by atoms with Crippen LogP contribution in [0.2, 0.25) is 0 Å². The lowest BCUT2D eigenvalue weighted by Gasteiger charge is -2.35. The largest absolute Gasteiger partial charge is 0.309 e. The van der Waals surface area contributed by atoms with Gasteiger partial charge in [-0.05, 0) is 30.9 Å². The third-order valence-corrected chi connectivity index (χ3v) is 4.13. The highest BCUT2D eigenvalue weighted by atomic mass is 15.2. The summed E-state index contributed by atoms with van der Waals surface area (Å²) in [6, 6.07) is 12.0. The summed E-state index contributed by atoms with van der Waals surface area (Å²) in [5.74, 6) is 0.712. The van der Waals surface area contributed by atoms with Crippen LogP contribution in [0.1, 0.15) is 59.1 Å². The summed E-state index contributed by atoms with van der Waals surface area (Å²) < 4.78 is 0. The highest BCUT2D eigenvalue weighted by molar-refractivity contribution is 5.19. The molecule has 0 fully saturated rings. The second kappa shape index (κ2) is 9.97. The molecule has 1 aromatic rings. The van der Waals surface area contributed by atoms with Crippen molar-refractivity contribution in [3.8, 4) is 0 Å². The van der Waals surface area contributed by atoms with Gasteiger partial charge in [-0.3, -0.25) is 4.90 Å². The molecule has 0 spiro atoms. The van der Waals surface area contributed by atoms with Crippen LogP contribution < -0.4 is 5.32 Å². The minimum Gasteiger partial charge on any atom is -0.309 e. The van der Waals surface area contributed by atoms with Crippen LogP contribution >= 0.6 is 0 Å². The Morgan fingerprint density at radius 1 is 0.952 bits per heavy atom. The highest BCUT2D eigenvalue weighted by Crippen LogP contribution is 2.19. The molecule has 2 nitrogen and oxygen atoms in total. The standard InChI is InChI=1S/C19H34N2/c1-6-18(7-2)21(14-16(4)5)15-19(20-8-3)17-12-10-9-11-13-17/h9-13,16,18-20H,6-8,14-15H2,1-5H3. The summed E-state index contributed by atoms with van der Waals surface area (Å²) in [7, 11) is 0. The molecule has 0 aromatic heterocycles. The molecule has 0 bridgehead atoms. The number of nitrogens with zero attached hydrogens (tertiary/aromatic N) is 1. The van der Waals surface area contributed by atoms with Crippen molar-refractivity contribution in [3.63, 3.8) is 0 Å². The highest BCUT2D eigenvalue weighted by Gasteiger charge is 2.21. The van der Waals surface area contributed by atoms with Crippen LogP contribution in [0.25, 0.3) is 0 Å². The summed E-state index contributed by atoms with van der Waals surface area (Å²) in [4.78, 5) is 2.69. The molecule has 0 saturated heterocycles. The molecule has 0 saturated carbocycles. The molecule has 1 aromatic carbocycles. The van der Waals surface area contributed by atoms with Gasteiger partial charge in [0.1, 0.15) is 0 Å². The monoisotopic (exact) mass is 290 g/mol. The van der Waals surface area contributed by atoms with E-state index in [-0.39, 0.29) is 0 Å². The van der Waals surface area contributed by atoms with E-state index in [9.17, 15) is 0 Å². The van der Waals surface area contributed by atoms with E-state index in [2.05, 4.69) is 75.2 Å². The fraction of sp³-hybridized carbons (Fsp3) is 0.684. The lowest BCUT2D eigenvalue weighted by atomic mass is 10.0. The fourth-order valence-corrected chi connectivity index (χ4v) is 3.10. The lowest BCUT2D eigenvalue weighted by Crippen LogP contribution is -2.43. The van der Waals surface area contributed by atoms with Crippen molar-refractivity contribution < 1.29 is 0 Å².